The third kappa shape index (κ3) is 3.43. The highest BCUT2D eigenvalue weighted by Gasteiger charge is 2.40. The molecule has 12 heteroatoms. The van der Waals surface area contributed by atoms with E-state index in [0.29, 0.717) is 23.7 Å². The summed E-state index contributed by atoms with van der Waals surface area (Å²) < 4.78 is 48.6. The zero-order chi connectivity index (χ0) is 20.2. The first-order valence-corrected chi connectivity index (χ1v) is 9.54. The summed E-state index contributed by atoms with van der Waals surface area (Å²) in [6, 6.07) is 1.64. The predicted octanol–water partition coefficient (Wildman–Crippen LogP) is 2.97. The highest BCUT2D eigenvalue weighted by atomic mass is 32.1. The molecule has 3 aromatic rings. The molecule has 6 rings (SSSR count). The Kier molecular flexibility index (Phi) is 4.22. The van der Waals surface area contributed by atoms with Gasteiger partial charge in [-0.1, -0.05) is 0 Å². The third-order valence-electron chi connectivity index (χ3n) is 4.76. The first-order chi connectivity index (χ1) is 13.9. The standard InChI is InChI=1S/C17H13F3N4O4S/c18-17(19,20)27-14-11(16(25)28-24-5-8-3-9(6-24)23-8)4-10(15-21-1-2-29-15)13-12(14)22-7-26-13/h1-2,4,7-9,23H,3,5-6H2. The van der Waals surface area contributed by atoms with Crippen molar-refractivity contribution >= 4 is 28.4 Å². The normalized spacial score (nSPS) is 21.8. The number of nitrogens with one attached hydrogen (secondary N) is 1. The van der Waals surface area contributed by atoms with Crippen molar-refractivity contribution < 1.29 is 32.0 Å². The molecule has 0 spiro atoms. The van der Waals surface area contributed by atoms with Crippen LogP contribution in [0.5, 0.6) is 5.75 Å². The molecule has 2 atom stereocenters. The van der Waals surface area contributed by atoms with Crippen molar-refractivity contribution in [2.75, 3.05) is 13.1 Å². The minimum absolute atomic E-state index is 0.0409. The molecule has 0 radical (unpaired) electrons. The second-order valence-electron chi connectivity index (χ2n) is 6.74. The summed E-state index contributed by atoms with van der Waals surface area (Å²) in [5.41, 5.74) is -0.262. The van der Waals surface area contributed by atoms with E-state index in [9.17, 15) is 18.0 Å². The largest absolute Gasteiger partial charge is 0.573 e. The summed E-state index contributed by atoms with van der Waals surface area (Å²) in [4.78, 5) is 26.2. The van der Waals surface area contributed by atoms with Gasteiger partial charge in [-0.05, 0) is 12.5 Å². The smallest absolute Gasteiger partial charge is 0.443 e. The van der Waals surface area contributed by atoms with Gasteiger partial charge in [-0.2, -0.15) is 0 Å². The molecule has 1 N–H and O–H groups in total. The summed E-state index contributed by atoms with van der Waals surface area (Å²) in [5.74, 6) is -1.72. The number of rotatable bonds is 4. The number of ether oxygens (including phenoxy) is 1. The Labute approximate surface area is 165 Å². The molecule has 3 fully saturated rings. The van der Waals surface area contributed by atoms with Crippen LogP contribution in [0.1, 0.15) is 16.8 Å². The molecule has 3 aliphatic heterocycles. The lowest BCUT2D eigenvalue weighted by molar-refractivity contribution is -0.274. The molecule has 3 saturated heterocycles. The van der Waals surface area contributed by atoms with Gasteiger partial charge < -0.3 is 19.3 Å². The quantitative estimate of drug-likeness (QED) is 0.681. The number of fused-ring (bicyclic) bond motifs is 3. The average Bonchev–Trinajstić information content (AvgIpc) is 3.32. The predicted molar refractivity (Wildman–Crippen MR) is 94.1 cm³/mol. The number of benzene rings is 1. The Bertz CT molecular complexity index is 1050. The van der Waals surface area contributed by atoms with Crippen LogP contribution >= 0.6 is 11.3 Å². The topological polar surface area (TPSA) is 89.7 Å². The van der Waals surface area contributed by atoms with Gasteiger partial charge in [0.15, 0.2) is 23.2 Å². The minimum Gasteiger partial charge on any atom is -0.443 e. The van der Waals surface area contributed by atoms with Crippen LogP contribution in [0.2, 0.25) is 0 Å². The molecule has 2 bridgehead atoms. The van der Waals surface area contributed by atoms with Crippen molar-refractivity contribution in [2.24, 2.45) is 0 Å². The Morgan fingerprint density at radius 2 is 2.07 bits per heavy atom. The molecule has 0 amide bonds. The Balaban J connectivity index is 1.57. The first-order valence-electron chi connectivity index (χ1n) is 8.66. The molecule has 1 aromatic carbocycles. The van der Waals surface area contributed by atoms with Gasteiger partial charge in [0.25, 0.3) is 0 Å². The lowest BCUT2D eigenvalue weighted by atomic mass is 9.93. The summed E-state index contributed by atoms with van der Waals surface area (Å²) in [7, 11) is 0. The van der Waals surface area contributed by atoms with Crippen LogP contribution in [0.4, 0.5) is 13.2 Å². The van der Waals surface area contributed by atoms with Crippen LogP contribution in [-0.4, -0.2) is 52.5 Å². The van der Waals surface area contributed by atoms with Gasteiger partial charge >= 0.3 is 12.3 Å². The second kappa shape index (κ2) is 6.68. The molecule has 2 aromatic heterocycles. The van der Waals surface area contributed by atoms with E-state index in [0.717, 1.165) is 12.8 Å². The number of nitrogens with zero attached hydrogens (tertiary/aromatic N) is 3. The van der Waals surface area contributed by atoms with E-state index in [1.54, 1.807) is 5.38 Å². The summed E-state index contributed by atoms with van der Waals surface area (Å²) >= 11 is 1.24. The van der Waals surface area contributed by atoms with E-state index in [1.165, 1.54) is 28.7 Å². The van der Waals surface area contributed by atoms with Crippen molar-refractivity contribution in [1.29, 1.82) is 0 Å². The van der Waals surface area contributed by atoms with Gasteiger partial charge in [0.05, 0.1) is 18.7 Å². The number of halogens is 3. The Morgan fingerprint density at radius 3 is 2.72 bits per heavy atom. The van der Waals surface area contributed by atoms with Gasteiger partial charge in [0.2, 0.25) is 0 Å². The fraction of sp³-hybridized carbons (Fsp3) is 0.353. The number of hydrogen-bond donors (Lipinski definition) is 1. The lowest BCUT2D eigenvalue weighted by Gasteiger charge is -2.46. The number of piperidine rings is 1. The van der Waals surface area contributed by atoms with E-state index in [-0.39, 0.29) is 23.2 Å². The van der Waals surface area contributed by atoms with Crippen LogP contribution in [0.25, 0.3) is 21.7 Å². The van der Waals surface area contributed by atoms with Crippen molar-refractivity contribution in [2.45, 2.75) is 24.9 Å². The molecule has 152 valence electrons. The molecular weight excluding hydrogens is 413 g/mol. The highest BCUT2D eigenvalue weighted by Crippen LogP contribution is 2.40. The fourth-order valence-electron chi connectivity index (χ4n) is 3.60. The van der Waals surface area contributed by atoms with Crippen molar-refractivity contribution in [1.82, 2.24) is 20.3 Å². The van der Waals surface area contributed by atoms with Crippen LogP contribution < -0.4 is 10.1 Å². The third-order valence-corrected chi connectivity index (χ3v) is 5.57. The SMILES string of the molecule is O=C(ON1CC2CC(C1)N2)c1cc(-c2nccs2)c2ocnc2c1OC(F)(F)F. The molecule has 2 unspecified atom stereocenters. The number of thiazole rings is 1. The van der Waals surface area contributed by atoms with Crippen LogP contribution in [0.15, 0.2) is 28.5 Å². The number of carbonyl (C=O) groups is 1. The van der Waals surface area contributed by atoms with E-state index in [1.807, 2.05) is 0 Å². The molecule has 0 saturated carbocycles. The van der Waals surface area contributed by atoms with Gasteiger partial charge in [-0.25, -0.2) is 14.8 Å². The molecule has 8 nitrogen and oxygen atoms in total. The van der Waals surface area contributed by atoms with Crippen molar-refractivity contribution in [3.63, 3.8) is 0 Å². The van der Waals surface area contributed by atoms with Gasteiger partial charge in [-0.15, -0.1) is 29.6 Å². The second-order valence-corrected chi connectivity index (χ2v) is 7.63. The summed E-state index contributed by atoms with van der Waals surface area (Å²) in [5, 5.41) is 6.88. The van der Waals surface area contributed by atoms with Crippen molar-refractivity contribution in [3.8, 4) is 16.3 Å². The highest BCUT2D eigenvalue weighted by molar-refractivity contribution is 7.13. The lowest BCUT2D eigenvalue weighted by Crippen LogP contribution is -2.66. The summed E-state index contributed by atoms with van der Waals surface area (Å²) in [6.07, 6.45) is -1.52. The maximum atomic E-state index is 13.0. The van der Waals surface area contributed by atoms with Crippen LogP contribution in [0, 0.1) is 0 Å². The van der Waals surface area contributed by atoms with Crippen molar-refractivity contribution in [3.05, 3.63) is 29.6 Å². The van der Waals surface area contributed by atoms with E-state index in [2.05, 4.69) is 20.0 Å². The molecule has 29 heavy (non-hydrogen) atoms. The number of hydrogen-bond acceptors (Lipinski definition) is 9. The van der Waals surface area contributed by atoms with Crippen LogP contribution in [-0.2, 0) is 4.84 Å². The molecular formula is C17H13F3N4O4S. The molecule has 3 aliphatic rings. The molecule has 0 aliphatic carbocycles. The Hall–Kier alpha value is -2.70. The maximum Gasteiger partial charge on any atom is 0.573 e. The van der Waals surface area contributed by atoms with Gasteiger partial charge in [-0.3, -0.25) is 0 Å². The number of oxazole rings is 1. The fourth-order valence-corrected chi connectivity index (χ4v) is 4.25. The minimum atomic E-state index is -5.03. The average molecular weight is 426 g/mol. The van der Waals surface area contributed by atoms with E-state index >= 15 is 0 Å². The first kappa shape index (κ1) is 18.3. The molecule has 5 heterocycles. The number of carbonyl (C=O) groups excluding carboxylic acids is 1. The number of hydroxylamine groups is 2. The van der Waals surface area contributed by atoms with Crippen LogP contribution in [0.3, 0.4) is 0 Å². The Morgan fingerprint density at radius 1 is 1.31 bits per heavy atom. The summed E-state index contributed by atoms with van der Waals surface area (Å²) in [6.45, 7) is 0.923. The monoisotopic (exact) mass is 426 g/mol. The van der Waals surface area contributed by atoms with Gasteiger partial charge in [0.1, 0.15) is 10.6 Å². The number of aromatic nitrogens is 2. The zero-order valence-electron chi connectivity index (χ0n) is 14.6. The zero-order valence-corrected chi connectivity index (χ0v) is 15.4. The maximum absolute atomic E-state index is 13.0. The van der Waals surface area contributed by atoms with E-state index < -0.39 is 23.6 Å². The van der Waals surface area contributed by atoms with Gasteiger partial charge in [0, 0.05) is 23.7 Å². The van der Waals surface area contributed by atoms with E-state index in [4.69, 9.17) is 9.25 Å². The number of piperazine rings is 1. The number of alkyl halides is 3.